The highest BCUT2D eigenvalue weighted by atomic mass is 32.1. The van der Waals surface area contributed by atoms with Crippen LogP contribution in [0.1, 0.15) is 29.8 Å². The molecule has 12 heavy (non-hydrogen) atoms. The summed E-state index contributed by atoms with van der Waals surface area (Å²) in [6, 6.07) is 0. The second-order valence-corrected chi connectivity index (χ2v) is 4.30. The first-order valence-electron chi connectivity index (χ1n) is 4.37. The maximum absolute atomic E-state index is 12.3. The van der Waals surface area contributed by atoms with Crippen LogP contribution in [0.25, 0.3) is 0 Å². The number of rotatable bonds is 3. The number of alkyl halides is 1. The van der Waals surface area contributed by atoms with Crippen LogP contribution in [0.2, 0.25) is 0 Å². The Bertz CT molecular complexity index is 255. The summed E-state index contributed by atoms with van der Waals surface area (Å²) in [6.45, 7) is -0.397. The zero-order valence-electron chi connectivity index (χ0n) is 6.92. The van der Waals surface area contributed by atoms with Crippen molar-refractivity contribution < 1.29 is 4.39 Å². The van der Waals surface area contributed by atoms with Crippen LogP contribution in [0.3, 0.4) is 0 Å². The molecule has 0 radical (unpaired) electrons. The van der Waals surface area contributed by atoms with Gasteiger partial charge < -0.3 is 0 Å². The van der Waals surface area contributed by atoms with Gasteiger partial charge >= 0.3 is 0 Å². The van der Waals surface area contributed by atoms with Crippen molar-refractivity contribution in [2.45, 2.75) is 32.4 Å². The van der Waals surface area contributed by atoms with Crippen LogP contribution in [0.15, 0.2) is 5.51 Å². The highest BCUT2D eigenvalue weighted by molar-refractivity contribution is 7.09. The molecule has 66 valence electrons. The average molecular weight is 185 g/mol. The minimum atomic E-state index is -0.397. The molecule has 1 aliphatic rings. The fourth-order valence-electron chi connectivity index (χ4n) is 1.53. The molecular weight excluding hydrogens is 173 g/mol. The van der Waals surface area contributed by atoms with Gasteiger partial charge in [-0.15, -0.1) is 11.3 Å². The van der Waals surface area contributed by atoms with Crippen LogP contribution in [-0.2, 0) is 13.1 Å². The summed E-state index contributed by atoms with van der Waals surface area (Å²) in [7, 11) is 0. The maximum Gasteiger partial charge on any atom is 0.133 e. The molecule has 1 fully saturated rings. The lowest BCUT2D eigenvalue weighted by atomic mass is 9.82. The van der Waals surface area contributed by atoms with Crippen LogP contribution in [0.5, 0.6) is 0 Å². The Morgan fingerprint density at radius 1 is 1.58 bits per heavy atom. The van der Waals surface area contributed by atoms with Crippen molar-refractivity contribution in [2.75, 3.05) is 0 Å². The average Bonchev–Trinajstić information content (AvgIpc) is 2.43. The van der Waals surface area contributed by atoms with Gasteiger partial charge in [0.1, 0.15) is 6.67 Å². The number of halogens is 1. The third kappa shape index (κ3) is 1.51. The molecule has 0 amide bonds. The summed E-state index contributed by atoms with van der Waals surface area (Å²) >= 11 is 1.60. The lowest BCUT2D eigenvalue weighted by Crippen LogP contribution is -2.13. The Balaban J connectivity index is 2.00. The van der Waals surface area contributed by atoms with E-state index in [-0.39, 0.29) is 0 Å². The predicted octanol–water partition coefficient (Wildman–Crippen LogP) is 2.96. The number of hydrogen-bond donors (Lipinski definition) is 0. The lowest BCUT2D eigenvalue weighted by Gasteiger charge is -2.24. The normalized spacial score (nSPS) is 17.8. The molecule has 1 aromatic heterocycles. The van der Waals surface area contributed by atoms with E-state index in [1.165, 1.54) is 24.1 Å². The summed E-state index contributed by atoms with van der Waals surface area (Å²) in [6.07, 6.45) is 5.06. The van der Waals surface area contributed by atoms with Crippen molar-refractivity contribution in [3.05, 3.63) is 16.1 Å². The summed E-state index contributed by atoms with van der Waals surface area (Å²) in [5.74, 6) is 0.816. The molecule has 0 bridgehead atoms. The molecular formula is C9H12FNS. The molecule has 1 heterocycles. The molecule has 0 spiro atoms. The molecule has 0 unspecified atom stereocenters. The van der Waals surface area contributed by atoms with E-state index in [1.54, 1.807) is 16.8 Å². The van der Waals surface area contributed by atoms with Crippen LogP contribution in [-0.4, -0.2) is 4.98 Å². The van der Waals surface area contributed by atoms with E-state index in [1.807, 2.05) is 0 Å². The Labute approximate surface area is 75.6 Å². The molecule has 1 aromatic rings. The van der Waals surface area contributed by atoms with Crippen LogP contribution < -0.4 is 0 Å². The molecule has 1 saturated carbocycles. The lowest BCUT2D eigenvalue weighted by molar-refractivity contribution is 0.314. The molecule has 0 aliphatic heterocycles. The summed E-state index contributed by atoms with van der Waals surface area (Å²) < 4.78 is 12.3. The van der Waals surface area contributed by atoms with Gasteiger partial charge in [0.25, 0.3) is 0 Å². The summed E-state index contributed by atoms with van der Waals surface area (Å²) in [5, 5.41) is 0. The summed E-state index contributed by atoms with van der Waals surface area (Å²) in [4.78, 5) is 5.16. The number of aromatic nitrogens is 1. The van der Waals surface area contributed by atoms with Crippen LogP contribution >= 0.6 is 11.3 Å². The van der Waals surface area contributed by atoms with Gasteiger partial charge in [0, 0.05) is 4.88 Å². The van der Waals surface area contributed by atoms with Crippen LogP contribution in [0, 0.1) is 5.92 Å². The molecule has 3 heteroatoms. The first-order valence-corrected chi connectivity index (χ1v) is 5.25. The van der Waals surface area contributed by atoms with Gasteiger partial charge in [0.05, 0.1) is 11.2 Å². The highest BCUT2D eigenvalue weighted by Crippen LogP contribution is 2.31. The van der Waals surface area contributed by atoms with Gasteiger partial charge in [0.15, 0.2) is 0 Å². The monoisotopic (exact) mass is 185 g/mol. The van der Waals surface area contributed by atoms with E-state index in [0.717, 1.165) is 12.3 Å². The van der Waals surface area contributed by atoms with Gasteiger partial charge in [-0.25, -0.2) is 9.37 Å². The van der Waals surface area contributed by atoms with Gasteiger partial charge in [-0.2, -0.15) is 0 Å². The van der Waals surface area contributed by atoms with Gasteiger partial charge in [0.2, 0.25) is 0 Å². The molecule has 0 N–H and O–H groups in total. The van der Waals surface area contributed by atoms with E-state index in [4.69, 9.17) is 0 Å². The van der Waals surface area contributed by atoms with E-state index in [0.29, 0.717) is 5.69 Å². The van der Waals surface area contributed by atoms with E-state index in [9.17, 15) is 4.39 Å². The van der Waals surface area contributed by atoms with Gasteiger partial charge in [-0.3, -0.25) is 0 Å². The second kappa shape index (κ2) is 3.52. The van der Waals surface area contributed by atoms with E-state index < -0.39 is 6.67 Å². The minimum Gasteiger partial charge on any atom is -0.247 e. The van der Waals surface area contributed by atoms with Gasteiger partial charge in [-0.05, 0) is 12.3 Å². The second-order valence-electron chi connectivity index (χ2n) is 3.36. The SMILES string of the molecule is FCc1ncsc1CC1CCC1. The van der Waals surface area contributed by atoms with Crippen molar-refractivity contribution in [3.8, 4) is 0 Å². The Kier molecular flexibility index (Phi) is 2.40. The van der Waals surface area contributed by atoms with Crippen molar-refractivity contribution in [1.29, 1.82) is 0 Å². The molecule has 0 aromatic carbocycles. The maximum atomic E-state index is 12.3. The molecule has 1 aliphatic carbocycles. The first-order chi connectivity index (χ1) is 5.90. The van der Waals surface area contributed by atoms with Crippen molar-refractivity contribution in [1.82, 2.24) is 4.98 Å². The molecule has 0 saturated heterocycles. The minimum absolute atomic E-state index is 0.397. The Morgan fingerprint density at radius 2 is 2.42 bits per heavy atom. The van der Waals surface area contributed by atoms with Crippen molar-refractivity contribution >= 4 is 11.3 Å². The smallest absolute Gasteiger partial charge is 0.133 e. The zero-order valence-corrected chi connectivity index (χ0v) is 7.74. The Hall–Kier alpha value is -0.440. The molecule has 1 nitrogen and oxygen atoms in total. The van der Waals surface area contributed by atoms with E-state index in [2.05, 4.69) is 4.98 Å². The van der Waals surface area contributed by atoms with Crippen molar-refractivity contribution in [2.24, 2.45) is 5.92 Å². The number of nitrogens with zero attached hydrogens (tertiary/aromatic N) is 1. The van der Waals surface area contributed by atoms with Gasteiger partial charge in [-0.1, -0.05) is 19.3 Å². The van der Waals surface area contributed by atoms with E-state index >= 15 is 0 Å². The fourth-order valence-corrected chi connectivity index (χ4v) is 2.41. The largest absolute Gasteiger partial charge is 0.247 e. The standard InChI is InChI=1S/C9H12FNS/c10-5-8-9(12-6-11-8)4-7-2-1-3-7/h6-7H,1-5H2. The number of thiazole rings is 1. The zero-order chi connectivity index (χ0) is 8.39. The highest BCUT2D eigenvalue weighted by Gasteiger charge is 2.19. The fraction of sp³-hybridized carbons (Fsp3) is 0.667. The molecule has 2 rings (SSSR count). The van der Waals surface area contributed by atoms with Crippen LogP contribution in [0.4, 0.5) is 4.39 Å². The quantitative estimate of drug-likeness (QED) is 0.705. The first kappa shape index (κ1) is 8.17. The third-order valence-corrected chi connectivity index (χ3v) is 3.45. The summed E-state index contributed by atoms with van der Waals surface area (Å²) in [5.41, 5.74) is 2.43. The number of hydrogen-bond acceptors (Lipinski definition) is 2. The van der Waals surface area contributed by atoms with Crippen molar-refractivity contribution in [3.63, 3.8) is 0 Å². The molecule has 0 atom stereocenters. The Morgan fingerprint density at radius 3 is 3.00 bits per heavy atom. The topological polar surface area (TPSA) is 12.9 Å². The predicted molar refractivity (Wildman–Crippen MR) is 48.0 cm³/mol. The third-order valence-electron chi connectivity index (χ3n) is 2.55.